The number of rotatable bonds is 1. The van der Waals surface area contributed by atoms with E-state index in [1.165, 1.54) is 0 Å². The molecule has 2 aliphatic rings. The molecule has 0 bridgehead atoms. The lowest BCUT2D eigenvalue weighted by atomic mass is 10.00. The summed E-state index contributed by atoms with van der Waals surface area (Å²) in [6.07, 6.45) is 3.13. The van der Waals surface area contributed by atoms with Gasteiger partial charge in [-0.25, -0.2) is 0 Å². The van der Waals surface area contributed by atoms with Crippen molar-refractivity contribution in [2.45, 2.75) is 6.42 Å². The van der Waals surface area contributed by atoms with Crippen LogP contribution in [0, 0.1) is 11.8 Å². The normalized spacial score (nSPS) is 31.4. The summed E-state index contributed by atoms with van der Waals surface area (Å²) in [4.78, 5) is 13.3. The van der Waals surface area contributed by atoms with Gasteiger partial charge in [0.2, 0.25) is 5.91 Å². The summed E-state index contributed by atoms with van der Waals surface area (Å²) in [7, 11) is 3.63. The lowest BCUT2D eigenvalue weighted by Crippen LogP contribution is -2.23. The van der Waals surface area contributed by atoms with E-state index in [1.54, 1.807) is 4.90 Å². The molecule has 1 amide bonds. The van der Waals surface area contributed by atoms with E-state index >= 15 is 0 Å². The highest BCUT2D eigenvalue weighted by Gasteiger charge is 2.33. The zero-order valence-electron chi connectivity index (χ0n) is 8.21. The zero-order chi connectivity index (χ0) is 9.42. The van der Waals surface area contributed by atoms with E-state index in [4.69, 9.17) is 0 Å². The van der Waals surface area contributed by atoms with Gasteiger partial charge >= 0.3 is 0 Å². The molecule has 0 saturated carbocycles. The van der Waals surface area contributed by atoms with Gasteiger partial charge in [0.05, 0.1) is 0 Å². The quantitative estimate of drug-likeness (QED) is 0.627. The maximum atomic E-state index is 11.6. The molecule has 72 valence electrons. The Hall–Kier alpha value is -0.830. The summed E-state index contributed by atoms with van der Waals surface area (Å²) in [6, 6.07) is 0. The van der Waals surface area contributed by atoms with Crippen molar-refractivity contribution in [3.05, 3.63) is 11.6 Å². The fourth-order valence-corrected chi connectivity index (χ4v) is 2.23. The van der Waals surface area contributed by atoms with Crippen LogP contribution in [0.5, 0.6) is 0 Å². The first-order chi connectivity index (χ1) is 6.18. The van der Waals surface area contributed by atoms with Crippen molar-refractivity contribution in [3.8, 4) is 0 Å². The fraction of sp³-hybridized carbons (Fsp3) is 0.700. The molecule has 0 aromatic carbocycles. The molecular formula is C10H16N2O. The van der Waals surface area contributed by atoms with Gasteiger partial charge in [-0.05, 0) is 24.8 Å². The van der Waals surface area contributed by atoms with Crippen molar-refractivity contribution in [1.29, 1.82) is 0 Å². The SMILES string of the molecule is CN(C)C(=O)C1=CC2CNCC2C1. The molecule has 3 heteroatoms. The smallest absolute Gasteiger partial charge is 0.248 e. The fourth-order valence-electron chi connectivity index (χ4n) is 2.23. The first kappa shape index (κ1) is 8.75. The van der Waals surface area contributed by atoms with Crippen LogP contribution in [0.15, 0.2) is 11.6 Å². The van der Waals surface area contributed by atoms with Gasteiger partial charge in [0.15, 0.2) is 0 Å². The molecule has 2 rings (SSSR count). The standard InChI is InChI=1S/C10H16N2O/c1-12(2)10(13)7-3-8-5-11-6-9(8)4-7/h3,8-9,11H,4-6H2,1-2H3. The molecular weight excluding hydrogens is 164 g/mol. The first-order valence-corrected chi connectivity index (χ1v) is 4.81. The Balaban J connectivity index is 2.07. The Morgan fingerprint density at radius 2 is 2.31 bits per heavy atom. The van der Waals surface area contributed by atoms with E-state index in [0.29, 0.717) is 11.8 Å². The molecule has 1 aliphatic carbocycles. The second kappa shape index (κ2) is 3.14. The minimum atomic E-state index is 0.189. The van der Waals surface area contributed by atoms with E-state index in [-0.39, 0.29) is 5.91 Å². The molecule has 3 nitrogen and oxygen atoms in total. The third kappa shape index (κ3) is 1.48. The third-order valence-electron chi connectivity index (χ3n) is 2.97. The number of nitrogens with one attached hydrogen (secondary N) is 1. The van der Waals surface area contributed by atoms with E-state index in [9.17, 15) is 4.79 Å². The maximum absolute atomic E-state index is 11.6. The van der Waals surface area contributed by atoms with E-state index in [1.807, 2.05) is 14.1 Å². The minimum absolute atomic E-state index is 0.189. The molecule has 2 atom stereocenters. The van der Waals surface area contributed by atoms with Crippen LogP contribution in [0.2, 0.25) is 0 Å². The van der Waals surface area contributed by atoms with Gasteiger partial charge in [0.1, 0.15) is 0 Å². The van der Waals surface area contributed by atoms with Crippen molar-refractivity contribution < 1.29 is 4.79 Å². The molecule has 0 radical (unpaired) electrons. The average molecular weight is 180 g/mol. The van der Waals surface area contributed by atoms with Crippen LogP contribution < -0.4 is 5.32 Å². The van der Waals surface area contributed by atoms with Crippen LogP contribution in [-0.2, 0) is 4.79 Å². The highest BCUT2D eigenvalue weighted by Crippen LogP contribution is 2.33. The van der Waals surface area contributed by atoms with Crippen LogP contribution in [0.1, 0.15) is 6.42 Å². The highest BCUT2D eigenvalue weighted by molar-refractivity contribution is 5.93. The van der Waals surface area contributed by atoms with E-state index in [2.05, 4.69) is 11.4 Å². The summed E-state index contributed by atoms with van der Waals surface area (Å²) in [5.74, 6) is 1.48. The Labute approximate surface area is 78.8 Å². The van der Waals surface area contributed by atoms with Gasteiger partial charge in [0, 0.05) is 26.2 Å². The monoisotopic (exact) mass is 180 g/mol. The summed E-state index contributed by atoms with van der Waals surface area (Å²) in [5.41, 5.74) is 1.02. The van der Waals surface area contributed by atoms with Crippen LogP contribution in [-0.4, -0.2) is 38.0 Å². The van der Waals surface area contributed by atoms with Gasteiger partial charge in [0.25, 0.3) is 0 Å². The predicted molar refractivity (Wildman–Crippen MR) is 51.2 cm³/mol. The Morgan fingerprint density at radius 1 is 1.54 bits per heavy atom. The van der Waals surface area contributed by atoms with Crippen molar-refractivity contribution in [2.24, 2.45) is 11.8 Å². The topological polar surface area (TPSA) is 32.3 Å². The Bertz CT molecular complexity index is 258. The molecule has 1 fully saturated rings. The molecule has 13 heavy (non-hydrogen) atoms. The van der Waals surface area contributed by atoms with Crippen molar-refractivity contribution in [3.63, 3.8) is 0 Å². The lowest BCUT2D eigenvalue weighted by molar-refractivity contribution is -0.124. The predicted octanol–water partition coefficient (Wildman–Crippen LogP) is 0.240. The molecule has 1 aliphatic heterocycles. The second-order valence-electron chi connectivity index (χ2n) is 4.18. The molecule has 1 N–H and O–H groups in total. The lowest BCUT2D eigenvalue weighted by Gasteiger charge is -2.11. The Morgan fingerprint density at radius 3 is 2.92 bits per heavy atom. The summed E-state index contributed by atoms with van der Waals surface area (Å²) in [6.45, 7) is 2.13. The summed E-state index contributed by atoms with van der Waals surface area (Å²) in [5, 5.41) is 3.34. The Kier molecular flexibility index (Phi) is 2.12. The maximum Gasteiger partial charge on any atom is 0.248 e. The first-order valence-electron chi connectivity index (χ1n) is 4.81. The number of likely N-dealkylation sites (N-methyl/N-ethyl adjacent to an activating group) is 1. The number of hydrogen-bond donors (Lipinski definition) is 1. The van der Waals surface area contributed by atoms with E-state index in [0.717, 1.165) is 25.1 Å². The molecule has 0 spiro atoms. The number of hydrogen-bond acceptors (Lipinski definition) is 2. The summed E-state index contributed by atoms with van der Waals surface area (Å²) >= 11 is 0. The van der Waals surface area contributed by atoms with Gasteiger partial charge in [-0.15, -0.1) is 0 Å². The molecule has 2 unspecified atom stereocenters. The van der Waals surface area contributed by atoms with Gasteiger partial charge in [-0.1, -0.05) is 6.08 Å². The third-order valence-corrected chi connectivity index (χ3v) is 2.97. The minimum Gasteiger partial charge on any atom is -0.345 e. The molecule has 0 aromatic rings. The number of amides is 1. The zero-order valence-corrected chi connectivity index (χ0v) is 8.21. The number of carbonyl (C=O) groups excluding carboxylic acids is 1. The summed E-state index contributed by atoms with van der Waals surface area (Å²) < 4.78 is 0. The number of carbonyl (C=O) groups is 1. The largest absolute Gasteiger partial charge is 0.345 e. The van der Waals surface area contributed by atoms with Gasteiger partial charge in [-0.2, -0.15) is 0 Å². The van der Waals surface area contributed by atoms with Crippen LogP contribution in [0.25, 0.3) is 0 Å². The highest BCUT2D eigenvalue weighted by atomic mass is 16.2. The van der Waals surface area contributed by atoms with Crippen molar-refractivity contribution in [1.82, 2.24) is 10.2 Å². The van der Waals surface area contributed by atoms with Crippen molar-refractivity contribution >= 4 is 5.91 Å². The van der Waals surface area contributed by atoms with Crippen LogP contribution in [0.4, 0.5) is 0 Å². The van der Waals surface area contributed by atoms with Crippen molar-refractivity contribution in [2.75, 3.05) is 27.2 Å². The van der Waals surface area contributed by atoms with Crippen LogP contribution in [0.3, 0.4) is 0 Å². The number of nitrogens with zero attached hydrogens (tertiary/aromatic N) is 1. The van der Waals surface area contributed by atoms with Gasteiger partial charge < -0.3 is 10.2 Å². The number of fused-ring (bicyclic) bond motifs is 1. The van der Waals surface area contributed by atoms with E-state index < -0.39 is 0 Å². The molecule has 1 saturated heterocycles. The second-order valence-corrected chi connectivity index (χ2v) is 4.18. The van der Waals surface area contributed by atoms with Crippen LogP contribution >= 0.6 is 0 Å². The van der Waals surface area contributed by atoms with Gasteiger partial charge in [-0.3, -0.25) is 4.79 Å². The molecule has 1 heterocycles. The average Bonchev–Trinajstić information content (AvgIpc) is 2.59. The molecule has 0 aromatic heterocycles.